The third-order valence-electron chi connectivity index (χ3n) is 8.82. The topological polar surface area (TPSA) is 50.8 Å². The lowest BCUT2D eigenvalue weighted by molar-refractivity contribution is 0.0679. The summed E-state index contributed by atoms with van der Waals surface area (Å²) in [4.78, 5) is 15.6. The van der Waals surface area contributed by atoms with Crippen LogP contribution in [0.15, 0.2) is 42.5 Å². The molecule has 0 spiro atoms. The molecule has 1 amide bonds. The van der Waals surface area contributed by atoms with E-state index < -0.39 is 0 Å². The smallest absolute Gasteiger partial charge is 0.251 e. The molecule has 1 saturated carbocycles. The van der Waals surface area contributed by atoms with Gasteiger partial charge in [0.1, 0.15) is 12.4 Å². The molecule has 0 unspecified atom stereocenters. The van der Waals surface area contributed by atoms with E-state index in [4.69, 9.17) is 9.47 Å². The Hall–Kier alpha value is -2.37. The molecule has 36 heavy (non-hydrogen) atoms. The number of aryl methyl sites for hydroxylation is 1. The van der Waals surface area contributed by atoms with Crippen LogP contribution in [0.3, 0.4) is 0 Å². The largest absolute Gasteiger partial charge is 0.491 e. The molecule has 1 N–H and O–H groups in total. The summed E-state index contributed by atoms with van der Waals surface area (Å²) >= 11 is 0. The van der Waals surface area contributed by atoms with E-state index in [-0.39, 0.29) is 18.1 Å². The predicted molar refractivity (Wildman–Crippen MR) is 141 cm³/mol. The van der Waals surface area contributed by atoms with E-state index in [1.807, 2.05) is 24.3 Å². The number of amides is 1. The van der Waals surface area contributed by atoms with E-state index >= 15 is 0 Å². The average Bonchev–Trinajstić information content (AvgIpc) is 3.27. The molecule has 3 aliphatic heterocycles. The summed E-state index contributed by atoms with van der Waals surface area (Å²) in [5, 5.41) is 3.27. The number of fused-ring (bicyclic) bond motifs is 5. The monoisotopic (exact) mass is 488 g/mol. The van der Waals surface area contributed by atoms with Gasteiger partial charge in [-0.15, -0.1) is 0 Å². The molecular weight excluding hydrogens is 448 g/mol. The minimum Gasteiger partial charge on any atom is -0.491 e. The molecular formula is C31H40N2O3. The van der Waals surface area contributed by atoms with Crippen molar-refractivity contribution < 1.29 is 14.3 Å². The molecule has 2 aliphatic carbocycles. The van der Waals surface area contributed by atoms with Crippen LogP contribution >= 0.6 is 0 Å². The molecule has 2 bridgehead atoms. The summed E-state index contributed by atoms with van der Waals surface area (Å²) < 4.78 is 11.4. The van der Waals surface area contributed by atoms with Crippen molar-refractivity contribution in [2.45, 2.75) is 76.5 Å². The van der Waals surface area contributed by atoms with E-state index in [9.17, 15) is 4.79 Å². The van der Waals surface area contributed by atoms with Crippen molar-refractivity contribution in [1.82, 2.24) is 10.2 Å². The molecule has 2 aromatic rings. The first kappa shape index (κ1) is 24.0. The maximum atomic E-state index is 12.9. The Morgan fingerprint density at radius 2 is 1.72 bits per heavy atom. The average molecular weight is 489 g/mol. The summed E-state index contributed by atoms with van der Waals surface area (Å²) in [6, 6.07) is 14.8. The zero-order chi connectivity index (χ0) is 24.3. The Balaban J connectivity index is 1.01. The van der Waals surface area contributed by atoms with Gasteiger partial charge in [-0.3, -0.25) is 9.69 Å². The van der Waals surface area contributed by atoms with Gasteiger partial charge in [-0.05, 0) is 111 Å². The number of carbonyl (C=O) groups excluding carboxylic acids is 1. The maximum Gasteiger partial charge on any atom is 0.251 e. The minimum absolute atomic E-state index is 0.00143. The summed E-state index contributed by atoms with van der Waals surface area (Å²) in [6.45, 7) is 5.06. The van der Waals surface area contributed by atoms with Crippen molar-refractivity contribution in [2.75, 3.05) is 26.3 Å². The van der Waals surface area contributed by atoms with Gasteiger partial charge in [0, 0.05) is 37.8 Å². The molecule has 4 fully saturated rings. The molecule has 3 saturated heterocycles. The molecule has 0 radical (unpaired) electrons. The minimum atomic E-state index is 0.00143. The van der Waals surface area contributed by atoms with E-state index in [1.54, 1.807) is 0 Å². The van der Waals surface area contributed by atoms with Crippen LogP contribution in [0.25, 0.3) is 0 Å². The van der Waals surface area contributed by atoms with Gasteiger partial charge in [0.15, 0.2) is 0 Å². The number of nitrogens with one attached hydrogen (secondary N) is 1. The van der Waals surface area contributed by atoms with Crippen LogP contribution in [0.1, 0.15) is 72.0 Å². The van der Waals surface area contributed by atoms with Crippen molar-refractivity contribution >= 4 is 5.91 Å². The van der Waals surface area contributed by atoms with E-state index in [2.05, 4.69) is 28.4 Å². The van der Waals surface area contributed by atoms with Crippen molar-refractivity contribution in [3.05, 3.63) is 64.7 Å². The van der Waals surface area contributed by atoms with Gasteiger partial charge in [-0.2, -0.15) is 0 Å². The number of carbonyl (C=O) groups is 1. The van der Waals surface area contributed by atoms with Crippen LogP contribution in [0.5, 0.6) is 5.75 Å². The summed E-state index contributed by atoms with van der Waals surface area (Å²) in [5.41, 5.74) is 5.01. The zero-order valence-corrected chi connectivity index (χ0v) is 21.4. The van der Waals surface area contributed by atoms with Crippen LogP contribution in [-0.2, 0) is 24.1 Å². The highest BCUT2D eigenvalue weighted by atomic mass is 16.5. The van der Waals surface area contributed by atoms with Gasteiger partial charge in [0.2, 0.25) is 0 Å². The molecule has 0 aromatic heterocycles. The van der Waals surface area contributed by atoms with Crippen molar-refractivity contribution in [1.29, 1.82) is 0 Å². The van der Waals surface area contributed by atoms with Crippen LogP contribution < -0.4 is 10.1 Å². The van der Waals surface area contributed by atoms with Gasteiger partial charge < -0.3 is 14.8 Å². The highest BCUT2D eigenvalue weighted by Gasteiger charge is 2.29. The van der Waals surface area contributed by atoms with E-state index in [1.165, 1.54) is 55.5 Å². The Labute approximate surface area is 215 Å². The van der Waals surface area contributed by atoms with Crippen molar-refractivity contribution in [3.8, 4) is 5.75 Å². The molecule has 3 heterocycles. The fourth-order valence-corrected chi connectivity index (χ4v) is 6.75. The standard InChI is InChI=1S/C31H40N2O3/c34-31(25-10-13-29(14-11-25)36-21-30-2-1-15-35-30)32-28-12-9-26-16-24(7-8-27(26)17-28)20-33-18-22-3-4-23(19-33)6-5-22/h7-8,10-11,13-14,16,22-23,28,30H,1-6,9,12,15,17-21H2,(H,32,34)/t22?,23?,28-,30-/m0/s1. The lowest BCUT2D eigenvalue weighted by atomic mass is 9.84. The molecule has 2 aromatic carbocycles. The number of benzene rings is 2. The van der Waals surface area contributed by atoms with Gasteiger partial charge in [0.05, 0.1) is 6.10 Å². The third-order valence-corrected chi connectivity index (χ3v) is 8.82. The number of nitrogens with zero attached hydrogens (tertiary/aromatic N) is 1. The van der Waals surface area contributed by atoms with Crippen LogP contribution in [0.4, 0.5) is 0 Å². The van der Waals surface area contributed by atoms with Gasteiger partial charge in [-0.1, -0.05) is 18.2 Å². The fourth-order valence-electron chi connectivity index (χ4n) is 6.75. The Bertz CT molecular complexity index is 1020. The second-order valence-corrected chi connectivity index (χ2v) is 11.6. The number of rotatable bonds is 7. The highest BCUT2D eigenvalue weighted by molar-refractivity contribution is 5.94. The first-order chi connectivity index (χ1) is 17.7. The summed E-state index contributed by atoms with van der Waals surface area (Å²) in [7, 11) is 0. The van der Waals surface area contributed by atoms with Crippen LogP contribution in [0.2, 0.25) is 0 Å². The summed E-state index contributed by atoms with van der Waals surface area (Å²) in [5.74, 6) is 2.63. The predicted octanol–water partition coefficient (Wildman–Crippen LogP) is 5.15. The van der Waals surface area contributed by atoms with Crippen molar-refractivity contribution in [3.63, 3.8) is 0 Å². The fraction of sp³-hybridized carbons (Fsp3) is 0.581. The van der Waals surface area contributed by atoms with E-state index in [0.717, 1.165) is 62.8 Å². The lowest BCUT2D eigenvalue weighted by Gasteiger charge is -2.27. The molecule has 5 heteroatoms. The Kier molecular flexibility index (Phi) is 7.29. The molecule has 192 valence electrons. The normalized spacial score (nSPS) is 27.9. The van der Waals surface area contributed by atoms with Crippen molar-refractivity contribution in [2.24, 2.45) is 11.8 Å². The van der Waals surface area contributed by atoms with Gasteiger partial charge in [-0.25, -0.2) is 0 Å². The van der Waals surface area contributed by atoms with Gasteiger partial charge in [0.25, 0.3) is 5.91 Å². The summed E-state index contributed by atoms with van der Waals surface area (Å²) in [6.07, 6.45) is 11.1. The quantitative estimate of drug-likeness (QED) is 0.585. The number of hydrogen-bond donors (Lipinski definition) is 1. The molecule has 5 nitrogen and oxygen atoms in total. The number of hydrogen-bond acceptors (Lipinski definition) is 4. The number of ether oxygens (including phenoxy) is 2. The third kappa shape index (κ3) is 5.78. The highest BCUT2D eigenvalue weighted by Crippen LogP contribution is 2.34. The molecule has 7 rings (SSSR count). The lowest BCUT2D eigenvalue weighted by Crippen LogP contribution is -2.38. The Morgan fingerprint density at radius 1 is 0.944 bits per heavy atom. The Morgan fingerprint density at radius 3 is 2.44 bits per heavy atom. The first-order valence-corrected chi connectivity index (χ1v) is 14.2. The second kappa shape index (κ2) is 10.9. The van der Waals surface area contributed by atoms with Crippen LogP contribution in [-0.4, -0.2) is 49.3 Å². The SMILES string of the molecule is O=C(N[C@H]1CCc2cc(CN3CC4CCC(CC4)C3)ccc2C1)c1ccc(OC[C@@H]2CCCO2)cc1. The maximum absolute atomic E-state index is 12.9. The second-order valence-electron chi connectivity index (χ2n) is 11.6. The molecule has 5 aliphatic rings. The molecule has 2 atom stereocenters. The zero-order valence-electron chi connectivity index (χ0n) is 21.4. The van der Waals surface area contributed by atoms with Gasteiger partial charge >= 0.3 is 0 Å². The first-order valence-electron chi connectivity index (χ1n) is 14.2. The van der Waals surface area contributed by atoms with E-state index in [0.29, 0.717) is 12.2 Å². The van der Waals surface area contributed by atoms with Crippen LogP contribution in [0, 0.1) is 11.8 Å².